The minimum atomic E-state index is -1.32. The molecule has 2 aliphatic heterocycles. The second-order valence-corrected chi connectivity index (χ2v) is 14.8. The van der Waals surface area contributed by atoms with Crippen LogP contribution in [0.1, 0.15) is 81.8 Å². The van der Waals surface area contributed by atoms with E-state index in [4.69, 9.17) is 14.1 Å². The number of hydrogen-bond acceptors (Lipinski definition) is 6. The first kappa shape index (κ1) is 31.7. The summed E-state index contributed by atoms with van der Waals surface area (Å²) in [6, 6.07) is 13.8. The van der Waals surface area contributed by atoms with Gasteiger partial charge in [-0.05, 0) is 79.5 Å². The highest BCUT2D eigenvalue weighted by Gasteiger charge is 2.68. The van der Waals surface area contributed by atoms with E-state index in [0.29, 0.717) is 36.0 Å². The average molecular weight is 618 g/mol. The molecule has 2 aromatic carbocycles. The number of hydrogen-bond donors (Lipinski definition) is 2. The smallest absolute Gasteiger partial charge is 0.404 e. The van der Waals surface area contributed by atoms with Gasteiger partial charge in [0.15, 0.2) is 0 Å². The zero-order valence-corrected chi connectivity index (χ0v) is 27.2. The lowest BCUT2D eigenvalue weighted by Crippen LogP contribution is -2.65. The molecule has 0 radical (unpaired) electrons. The van der Waals surface area contributed by atoms with E-state index in [1.165, 1.54) is 12.1 Å². The summed E-state index contributed by atoms with van der Waals surface area (Å²) in [5.41, 5.74) is 0.890. The third-order valence-electron chi connectivity index (χ3n) is 10.8. The molecule has 6 atom stereocenters. The van der Waals surface area contributed by atoms with Crippen LogP contribution in [0.5, 0.6) is 0 Å². The first-order valence-corrected chi connectivity index (χ1v) is 16.3. The highest BCUT2D eigenvalue weighted by Crippen LogP contribution is 2.65. The third kappa shape index (κ3) is 5.92. The van der Waals surface area contributed by atoms with Crippen LogP contribution in [0.3, 0.4) is 0 Å². The Labute approximate surface area is 266 Å². The molecule has 8 nitrogen and oxygen atoms in total. The SMILES string of the molecule is Cc1ccc(F)cc1C(=O)NCC1=NOC(Cc2ccccc2)(C(=O)N[C@@H](CC(C)C)B2O[C@@H]3C[C@@H]4C[C@@H](C4(C)C)[C@]3(C)O2)C1. The van der Waals surface area contributed by atoms with Crippen molar-refractivity contribution in [2.45, 2.75) is 96.9 Å². The van der Waals surface area contributed by atoms with E-state index in [9.17, 15) is 14.0 Å². The van der Waals surface area contributed by atoms with Crippen LogP contribution in [0.2, 0.25) is 0 Å². The molecule has 3 aliphatic carbocycles. The molecule has 2 bridgehead atoms. The fraction of sp³-hybridized carbons (Fsp3) is 0.571. The predicted octanol–water partition coefficient (Wildman–Crippen LogP) is 5.42. The van der Waals surface area contributed by atoms with Crippen molar-refractivity contribution in [1.29, 1.82) is 0 Å². The van der Waals surface area contributed by atoms with E-state index in [2.05, 4.69) is 50.4 Å². The number of rotatable bonds is 10. The molecular weight excluding hydrogens is 572 g/mol. The topological polar surface area (TPSA) is 98.2 Å². The van der Waals surface area contributed by atoms with E-state index < -0.39 is 24.4 Å². The largest absolute Gasteiger partial charge is 0.481 e. The number of benzene rings is 2. The summed E-state index contributed by atoms with van der Waals surface area (Å²) < 4.78 is 27.2. The van der Waals surface area contributed by atoms with Crippen LogP contribution in [-0.4, -0.2) is 54.4 Å². The summed E-state index contributed by atoms with van der Waals surface area (Å²) in [4.78, 5) is 33.2. The van der Waals surface area contributed by atoms with Gasteiger partial charge >= 0.3 is 7.12 Å². The van der Waals surface area contributed by atoms with E-state index >= 15 is 0 Å². The van der Waals surface area contributed by atoms with Gasteiger partial charge in [-0.2, -0.15) is 0 Å². The van der Waals surface area contributed by atoms with Gasteiger partial charge in [-0.3, -0.25) is 9.59 Å². The van der Waals surface area contributed by atoms with Gasteiger partial charge in [0, 0.05) is 18.4 Å². The van der Waals surface area contributed by atoms with Crippen molar-refractivity contribution in [3.05, 3.63) is 71.0 Å². The number of carbonyl (C=O) groups excluding carboxylic acids is 2. The summed E-state index contributed by atoms with van der Waals surface area (Å²) >= 11 is 0. The van der Waals surface area contributed by atoms with Crippen molar-refractivity contribution in [2.75, 3.05) is 6.54 Å². The maximum Gasteiger partial charge on any atom is 0.481 e. The minimum absolute atomic E-state index is 0.00659. The van der Waals surface area contributed by atoms with Gasteiger partial charge in [0.2, 0.25) is 5.60 Å². The fourth-order valence-corrected chi connectivity index (χ4v) is 8.10. The zero-order valence-electron chi connectivity index (χ0n) is 27.2. The molecule has 5 aliphatic rings. The standard InChI is InChI=1S/C35H45BFN3O5/c1-21(2)14-30(36-43-29-16-24-15-28(33(24,4)5)34(29,6)44-36)39-32(42)35(18-23-10-8-7-9-11-23)19-26(40-45-35)20-38-31(41)27-17-25(37)13-12-22(27)3/h7-13,17,21,24,28-30H,14-16,18-20H2,1-6H3,(H,38,41)(H,39,42)/t24-,28-,29+,30-,34-,35?/m0/s1. The molecule has 240 valence electrons. The first-order valence-electron chi connectivity index (χ1n) is 16.3. The number of oxime groups is 1. The molecule has 2 heterocycles. The molecule has 10 heteroatoms. The number of nitrogens with one attached hydrogen (secondary N) is 2. The Morgan fingerprint density at radius 3 is 2.58 bits per heavy atom. The van der Waals surface area contributed by atoms with Crippen LogP contribution in [0, 0.1) is 35.9 Å². The van der Waals surface area contributed by atoms with Crippen LogP contribution in [0.15, 0.2) is 53.7 Å². The number of amides is 2. The molecule has 0 spiro atoms. The summed E-state index contributed by atoms with van der Waals surface area (Å²) in [5, 5.41) is 10.4. The first-order chi connectivity index (χ1) is 21.3. The molecule has 2 amide bonds. The Morgan fingerprint density at radius 2 is 1.87 bits per heavy atom. The Balaban J connectivity index is 1.18. The summed E-state index contributed by atoms with van der Waals surface area (Å²) in [6.45, 7) is 12.9. The van der Waals surface area contributed by atoms with Crippen molar-refractivity contribution in [3.63, 3.8) is 0 Å². The maximum absolute atomic E-state index is 14.3. The molecule has 45 heavy (non-hydrogen) atoms. The van der Waals surface area contributed by atoms with Crippen LogP contribution in [-0.2, 0) is 25.4 Å². The monoisotopic (exact) mass is 617 g/mol. The van der Waals surface area contributed by atoms with Crippen molar-refractivity contribution >= 4 is 24.6 Å². The molecule has 4 fully saturated rings. The number of nitrogens with zero attached hydrogens (tertiary/aromatic N) is 1. The zero-order chi connectivity index (χ0) is 32.1. The van der Waals surface area contributed by atoms with Gasteiger partial charge in [-0.1, -0.05) is 69.2 Å². The van der Waals surface area contributed by atoms with Crippen molar-refractivity contribution in [1.82, 2.24) is 10.6 Å². The van der Waals surface area contributed by atoms with Gasteiger partial charge in [0.25, 0.3) is 11.8 Å². The quantitative estimate of drug-likeness (QED) is 0.347. The highest BCUT2D eigenvalue weighted by atomic mass is 19.1. The lowest BCUT2D eigenvalue weighted by molar-refractivity contribution is -0.199. The summed E-state index contributed by atoms with van der Waals surface area (Å²) in [5.74, 6) is -0.238. The van der Waals surface area contributed by atoms with Crippen molar-refractivity contribution in [2.24, 2.45) is 28.3 Å². The van der Waals surface area contributed by atoms with Gasteiger partial charge in [-0.25, -0.2) is 4.39 Å². The summed E-state index contributed by atoms with van der Waals surface area (Å²) in [6.07, 6.45) is 3.29. The Hall–Kier alpha value is -3.24. The molecule has 7 rings (SSSR count). The normalized spacial score (nSPS) is 30.2. The van der Waals surface area contributed by atoms with Crippen LogP contribution < -0.4 is 10.6 Å². The summed E-state index contributed by atoms with van der Waals surface area (Å²) in [7, 11) is -0.564. The fourth-order valence-electron chi connectivity index (χ4n) is 8.10. The van der Waals surface area contributed by atoms with Gasteiger partial charge < -0.3 is 24.8 Å². The Morgan fingerprint density at radius 1 is 1.11 bits per heavy atom. The Kier molecular flexibility index (Phi) is 8.35. The Bertz CT molecular complexity index is 1480. The molecule has 3 saturated carbocycles. The predicted molar refractivity (Wildman–Crippen MR) is 171 cm³/mol. The molecule has 2 aromatic rings. The second kappa shape index (κ2) is 11.8. The second-order valence-electron chi connectivity index (χ2n) is 14.8. The molecule has 0 aromatic heterocycles. The van der Waals surface area contributed by atoms with Gasteiger partial charge in [-0.15, -0.1) is 0 Å². The minimum Gasteiger partial charge on any atom is -0.404 e. The van der Waals surface area contributed by atoms with Crippen LogP contribution in [0.25, 0.3) is 0 Å². The van der Waals surface area contributed by atoms with Gasteiger partial charge in [0.1, 0.15) is 5.82 Å². The van der Waals surface area contributed by atoms with E-state index in [1.807, 2.05) is 30.3 Å². The number of aryl methyl sites for hydroxylation is 1. The van der Waals surface area contributed by atoms with E-state index in [1.54, 1.807) is 13.0 Å². The average Bonchev–Trinajstić information content (AvgIpc) is 3.58. The van der Waals surface area contributed by atoms with E-state index in [-0.39, 0.29) is 53.4 Å². The van der Waals surface area contributed by atoms with Crippen LogP contribution in [0.4, 0.5) is 4.39 Å². The van der Waals surface area contributed by atoms with Crippen molar-refractivity contribution < 1.29 is 28.1 Å². The number of halogens is 1. The van der Waals surface area contributed by atoms with Crippen molar-refractivity contribution in [3.8, 4) is 0 Å². The third-order valence-corrected chi connectivity index (χ3v) is 10.8. The maximum atomic E-state index is 14.3. The van der Waals surface area contributed by atoms with E-state index in [0.717, 1.165) is 18.4 Å². The lowest BCUT2D eigenvalue weighted by Gasteiger charge is -2.64. The molecule has 1 saturated heterocycles. The lowest BCUT2D eigenvalue weighted by atomic mass is 9.43. The number of carbonyl (C=O) groups is 2. The van der Waals surface area contributed by atoms with Crippen LogP contribution >= 0.6 is 0 Å². The molecular formula is C35H45BFN3O5. The highest BCUT2D eigenvalue weighted by molar-refractivity contribution is 6.48. The molecule has 2 N–H and O–H groups in total. The molecule has 1 unspecified atom stereocenters. The van der Waals surface area contributed by atoms with Gasteiger partial charge in [0.05, 0.1) is 29.9 Å².